The van der Waals surface area contributed by atoms with E-state index in [0.717, 1.165) is 18.3 Å². The molecule has 0 N–H and O–H groups in total. The van der Waals surface area contributed by atoms with Gasteiger partial charge in [0, 0.05) is 17.3 Å². The minimum Gasteiger partial charge on any atom is -0.477 e. The van der Waals surface area contributed by atoms with Crippen molar-refractivity contribution in [3.8, 4) is 5.88 Å². The number of hydrogen-bond acceptors (Lipinski definition) is 3. The normalized spacial score (nSPS) is 10.1. The summed E-state index contributed by atoms with van der Waals surface area (Å²) in [4.78, 5) is 14.6. The summed E-state index contributed by atoms with van der Waals surface area (Å²) in [5.41, 5.74) is 1.51. The van der Waals surface area contributed by atoms with Crippen molar-refractivity contribution in [3.63, 3.8) is 0 Å². The van der Waals surface area contributed by atoms with Crippen LogP contribution in [0.3, 0.4) is 0 Å². The van der Waals surface area contributed by atoms with Gasteiger partial charge in [0.05, 0.1) is 6.61 Å². The largest absolute Gasteiger partial charge is 0.477 e. The van der Waals surface area contributed by atoms with Gasteiger partial charge in [-0.1, -0.05) is 26.2 Å². The zero-order chi connectivity index (χ0) is 11.8. The van der Waals surface area contributed by atoms with Gasteiger partial charge in [0.25, 0.3) is 0 Å². The van der Waals surface area contributed by atoms with Crippen molar-refractivity contribution in [1.82, 2.24) is 4.98 Å². The molecule has 88 valence electrons. The van der Waals surface area contributed by atoms with Crippen LogP contribution < -0.4 is 4.74 Å². The Bertz CT molecular complexity index is 337. The number of ether oxygens (including phenoxy) is 1. The van der Waals surface area contributed by atoms with Gasteiger partial charge in [-0.3, -0.25) is 4.79 Å². The van der Waals surface area contributed by atoms with Crippen molar-refractivity contribution < 1.29 is 9.53 Å². The van der Waals surface area contributed by atoms with Gasteiger partial charge in [-0.2, -0.15) is 0 Å². The molecule has 3 nitrogen and oxygen atoms in total. The quantitative estimate of drug-likeness (QED) is 0.524. The van der Waals surface area contributed by atoms with Crippen molar-refractivity contribution in [2.75, 3.05) is 6.61 Å². The topological polar surface area (TPSA) is 39.2 Å². The number of carbonyl (C=O) groups is 1. The van der Waals surface area contributed by atoms with Crippen LogP contribution in [0.5, 0.6) is 5.88 Å². The van der Waals surface area contributed by atoms with Crippen LogP contribution in [0.1, 0.15) is 48.5 Å². The fraction of sp³-hybridized carbons (Fsp3) is 0.538. The maximum absolute atomic E-state index is 10.5. The molecule has 0 atom stereocenters. The van der Waals surface area contributed by atoms with Crippen molar-refractivity contribution in [2.24, 2.45) is 0 Å². The molecular weight excluding hydrogens is 202 g/mol. The van der Waals surface area contributed by atoms with Crippen LogP contribution in [0.25, 0.3) is 0 Å². The second-order valence-electron chi connectivity index (χ2n) is 3.92. The molecule has 0 fully saturated rings. The first kappa shape index (κ1) is 12.7. The summed E-state index contributed by atoms with van der Waals surface area (Å²) >= 11 is 0. The number of aryl methyl sites for hydroxylation is 1. The van der Waals surface area contributed by atoms with Crippen molar-refractivity contribution in [2.45, 2.75) is 39.5 Å². The molecule has 1 heterocycles. The van der Waals surface area contributed by atoms with Gasteiger partial charge < -0.3 is 4.74 Å². The van der Waals surface area contributed by atoms with E-state index in [0.29, 0.717) is 18.1 Å². The highest BCUT2D eigenvalue weighted by Crippen LogP contribution is 2.15. The molecule has 0 bridgehead atoms. The van der Waals surface area contributed by atoms with E-state index >= 15 is 0 Å². The van der Waals surface area contributed by atoms with Gasteiger partial charge in [-0.05, 0) is 19.4 Å². The Morgan fingerprint density at radius 2 is 2.19 bits per heavy atom. The predicted octanol–water partition coefficient (Wildman–Crippen LogP) is 3.16. The number of carbonyl (C=O) groups excluding carboxylic acids is 1. The molecule has 16 heavy (non-hydrogen) atoms. The van der Waals surface area contributed by atoms with Crippen molar-refractivity contribution >= 4 is 6.29 Å². The van der Waals surface area contributed by atoms with Crippen molar-refractivity contribution in [1.29, 1.82) is 0 Å². The number of nitrogens with zero attached hydrogens (tertiary/aromatic N) is 1. The van der Waals surface area contributed by atoms with Crippen LogP contribution in [-0.4, -0.2) is 17.9 Å². The molecule has 1 aromatic rings. The first-order valence-electron chi connectivity index (χ1n) is 5.82. The molecule has 0 unspecified atom stereocenters. The summed E-state index contributed by atoms with van der Waals surface area (Å²) in [6.07, 6.45) is 7.07. The zero-order valence-electron chi connectivity index (χ0n) is 10.0. The predicted molar refractivity (Wildman–Crippen MR) is 64.0 cm³/mol. The zero-order valence-corrected chi connectivity index (χ0v) is 10.0. The molecule has 3 heteroatoms. The van der Waals surface area contributed by atoms with E-state index in [9.17, 15) is 4.79 Å². The molecule has 0 aliphatic rings. The van der Waals surface area contributed by atoms with Crippen LogP contribution in [0.15, 0.2) is 12.3 Å². The van der Waals surface area contributed by atoms with E-state index in [1.807, 2.05) is 6.92 Å². The highest BCUT2D eigenvalue weighted by molar-refractivity contribution is 5.74. The Hall–Kier alpha value is -1.38. The van der Waals surface area contributed by atoms with E-state index in [-0.39, 0.29) is 0 Å². The van der Waals surface area contributed by atoms with Gasteiger partial charge in [0.15, 0.2) is 6.29 Å². The van der Waals surface area contributed by atoms with Gasteiger partial charge in [-0.15, -0.1) is 0 Å². The maximum Gasteiger partial charge on any atom is 0.216 e. The van der Waals surface area contributed by atoms with Gasteiger partial charge in [0.2, 0.25) is 5.88 Å². The van der Waals surface area contributed by atoms with Gasteiger partial charge in [0.1, 0.15) is 0 Å². The molecule has 0 aromatic carbocycles. The monoisotopic (exact) mass is 221 g/mol. The molecule has 0 aliphatic heterocycles. The third kappa shape index (κ3) is 4.01. The highest BCUT2D eigenvalue weighted by Gasteiger charge is 2.02. The average Bonchev–Trinajstić information content (AvgIpc) is 2.30. The van der Waals surface area contributed by atoms with Crippen LogP contribution in [0.2, 0.25) is 0 Å². The average molecular weight is 221 g/mol. The second-order valence-corrected chi connectivity index (χ2v) is 3.92. The summed E-state index contributed by atoms with van der Waals surface area (Å²) in [6, 6.07) is 1.79. The van der Waals surface area contributed by atoms with E-state index < -0.39 is 0 Å². The number of rotatable bonds is 7. The Balaban J connectivity index is 2.39. The molecular formula is C13H19NO2. The first-order chi connectivity index (χ1) is 7.77. The summed E-state index contributed by atoms with van der Waals surface area (Å²) in [5, 5.41) is 0. The maximum atomic E-state index is 10.5. The number of aldehydes is 1. The van der Waals surface area contributed by atoms with Crippen LogP contribution >= 0.6 is 0 Å². The summed E-state index contributed by atoms with van der Waals surface area (Å²) in [6.45, 7) is 4.79. The lowest BCUT2D eigenvalue weighted by atomic mass is 10.2. The summed E-state index contributed by atoms with van der Waals surface area (Å²) in [5.74, 6) is 0.641. The fourth-order valence-corrected chi connectivity index (χ4v) is 1.50. The van der Waals surface area contributed by atoms with Gasteiger partial charge >= 0.3 is 0 Å². The summed E-state index contributed by atoms with van der Waals surface area (Å²) < 4.78 is 5.56. The van der Waals surface area contributed by atoms with E-state index in [1.165, 1.54) is 19.3 Å². The molecule has 1 aromatic heterocycles. The first-order valence-corrected chi connectivity index (χ1v) is 5.82. The molecule has 0 radical (unpaired) electrons. The molecule has 0 amide bonds. The SMILES string of the molecule is CCCCCCOc1ncc(C=O)cc1C. The lowest BCUT2D eigenvalue weighted by Gasteiger charge is -2.07. The third-order valence-corrected chi connectivity index (χ3v) is 2.42. The Morgan fingerprint density at radius 1 is 1.38 bits per heavy atom. The molecule has 0 saturated carbocycles. The lowest BCUT2D eigenvalue weighted by Crippen LogP contribution is -2.01. The molecule has 0 aliphatic carbocycles. The molecule has 0 saturated heterocycles. The van der Waals surface area contributed by atoms with Crippen LogP contribution in [0.4, 0.5) is 0 Å². The number of hydrogen-bond donors (Lipinski definition) is 0. The second kappa shape index (κ2) is 6.99. The molecule has 1 rings (SSSR count). The molecule has 0 spiro atoms. The smallest absolute Gasteiger partial charge is 0.216 e. The van der Waals surface area contributed by atoms with E-state index in [4.69, 9.17) is 4.74 Å². The van der Waals surface area contributed by atoms with E-state index in [1.54, 1.807) is 12.3 Å². The Morgan fingerprint density at radius 3 is 2.81 bits per heavy atom. The fourth-order valence-electron chi connectivity index (χ4n) is 1.50. The van der Waals surface area contributed by atoms with Crippen molar-refractivity contribution in [3.05, 3.63) is 23.4 Å². The highest BCUT2D eigenvalue weighted by atomic mass is 16.5. The number of unbranched alkanes of at least 4 members (excludes halogenated alkanes) is 3. The lowest BCUT2D eigenvalue weighted by molar-refractivity contribution is 0.112. The van der Waals surface area contributed by atoms with Crippen LogP contribution in [-0.2, 0) is 0 Å². The van der Waals surface area contributed by atoms with Gasteiger partial charge in [-0.25, -0.2) is 4.98 Å². The Labute approximate surface area is 96.8 Å². The minimum absolute atomic E-state index is 0.593. The Kier molecular flexibility index (Phi) is 5.54. The minimum atomic E-state index is 0.593. The van der Waals surface area contributed by atoms with E-state index in [2.05, 4.69) is 11.9 Å². The number of aromatic nitrogens is 1. The van der Waals surface area contributed by atoms with Crippen LogP contribution in [0, 0.1) is 6.92 Å². The standard InChI is InChI=1S/C13H19NO2/c1-3-4-5-6-7-16-13-11(2)8-12(10-15)9-14-13/h8-10H,3-7H2,1-2H3. The third-order valence-electron chi connectivity index (χ3n) is 2.42. The number of pyridine rings is 1. The summed E-state index contributed by atoms with van der Waals surface area (Å²) in [7, 11) is 0.